The van der Waals surface area contributed by atoms with E-state index < -0.39 is 4.92 Å². The van der Waals surface area contributed by atoms with Crippen LogP contribution < -0.4 is 9.47 Å². The fraction of sp³-hybridized carbons (Fsp3) is 0.292. The third-order valence-electron chi connectivity index (χ3n) is 6.56. The molecule has 2 fully saturated rings. The number of amides is 2. The van der Waals surface area contributed by atoms with Crippen LogP contribution in [0.25, 0.3) is 0 Å². The fourth-order valence-corrected chi connectivity index (χ4v) is 5.39. The van der Waals surface area contributed by atoms with Crippen molar-refractivity contribution in [1.29, 1.82) is 0 Å². The molecule has 0 aromatic heterocycles. The highest BCUT2D eigenvalue weighted by Crippen LogP contribution is 2.52. The van der Waals surface area contributed by atoms with E-state index >= 15 is 0 Å². The summed E-state index contributed by atoms with van der Waals surface area (Å²) in [5.74, 6) is -0.0191. The summed E-state index contributed by atoms with van der Waals surface area (Å²) in [4.78, 5) is 36.1. The van der Waals surface area contributed by atoms with Gasteiger partial charge >= 0.3 is 0 Å². The average Bonchev–Trinajstić information content (AvgIpc) is 3.51. The lowest BCUT2D eigenvalue weighted by atomic mass is 9.85. The molecule has 3 aliphatic rings. The molecule has 5 rings (SSSR count). The normalized spacial score (nSPS) is 24.8. The van der Waals surface area contributed by atoms with Gasteiger partial charge in [-0.25, -0.2) is 0 Å². The fourth-order valence-electron chi connectivity index (χ4n) is 4.96. The molecule has 4 atom stereocenters. The van der Waals surface area contributed by atoms with Gasteiger partial charge in [0.1, 0.15) is 6.61 Å². The number of hydrogen-bond acceptors (Lipinski definition) is 7. The highest BCUT2D eigenvalue weighted by Gasteiger charge is 2.59. The van der Waals surface area contributed by atoms with Crippen molar-refractivity contribution >= 4 is 39.6 Å². The third-order valence-corrected chi connectivity index (χ3v) is 7.24. The average molecular weight is 526 g/mol. The summed E-state index contributed by atoms with van der Waals surface area (Å²) in [5, 5.41) is 16.2. The zero-order valence-electron chi connectivity index (χ0n) is 18.1. The Hall–Kier alpha value is -3.53. The number of carbonyl (C=O) groups is 2. The first-order valence-corrected chi connectivity index (χ1v) is 11.5. The molecule has 0 radical (unpaired) electrons. The maximum absolute atomic E-state index is 12.8. The van der Waals surface area contributed by atoms with E-state index in [9.17, 15) is 19.7 Å². The van der Waals surface area contributed by atoms with Gasteiger partial charge in [0, 0.05) is 22.2 Å². The number of nitro groups is 1. The van der Waals surface area contributed by atoms with Gasteiger partial charge in [0.05, 0.1) is 30.1 Å². The minimum atomic E-state index is -0.459. The molecule has 0 spiro atoms. The van der Waals surface area contributed by atoms with E-state index in [-0.39, 0.29) is 47.8 Å². The number of benzene rings is 2. The molecule has 2 aromatic carbocycles. The molecular formula is C24H20BrN3O6. The molecule has 0 unspecified atom stereocenters. The van der Waals surface area contributed by atoms with E-state index in [0.717, 1.165) is 11.4 Å². The SMILES string of the molecule is COc1cc(C=NN2C(=O)[C@@H]3[C@H](C2=O)[C@H]2C=C[C@H]3C2)c(Br)cc1OCc1cccc([N+](=O)[O-])c1. The molecule has 10 heteroatoms. The van der Waals surface area contributed by atoms with Crippen LogP contribution in [-0.4, -0.2) is 35.1 Å². The predicted molar refractivity (Wildman–Crippen MR) is 125 cm³/mol. The summed E-state index contributed by atoms with van der Waals surface area (Å²) in [6.07, 6.45) is 6.39. The largest absolute Gasteiger partial charge is 0.493 e. The van der Waals surface area contributed by atoms with Crippen molar-refractivity contribution in [3.05, 3.63) is 74.3 Å². The summed E-state index contributed by atoms with van der Waals surface area (Å²) in [5.41, 5.74) is 1.22. The number of hydrogen-bond donors (Lipinski definition) is 0. The molecule has 1 aliphatic heterocycles. The second-order valence-corrected chi connectivity index (χ2v) is 9.33. The summed E-state index contributed by atoms with van der Waals surface area (Å²) >= 11 is 3.47. The Kier molecular flexibility index (Phi) is 5.68. The van der Waals surface area contributed by atoms with Gasteiger partial charge in [-0.3, -0.25) is 19.7 Å². The predicted octanol–water partition coefficient (Wildman–Crippen LogP) is 4.09. The molecule has 0 N–H and O–H groups in total. The van der Waals surface area contributed by atoms with Crippen LogP contribution >= 0.6 is 15.9 Å². The Labute approximate surface area is 203 Å². The number of methoxy groups -OCH3 is 1. The molecule has 2 aliphatic carbocycles. The summed E-state index contributed by atoms with van der Waals surface area (Å²) in [7, 11) is 1.49. The number of halogens is 1. The minimum absolute atomic E-state index is 0.0141. The Bertz CT molecular complexity index is 1230. The number of ether oxygens (including phenoxy) is 2. The van der Waals surface area contributed by atoms with Gasteiger partial charge in [-0.15, -0.1) is 0 Å². The van der Waals surface area contributed by atoms with Gasteiger partial charge in [0.2, 0.25) is 0 Å². The summed E-state index contributed by atoms with van der Waals surface area (Å²) in [6.45, 7) is 0.105. The molecule has 174 valence electrons. The highest BCUT2D eigenvalue weighted by molar-refractivity contribution is 9.10. The smallest absolute Gasteiger partial charge is 0.269 e. The van der Waals surface area contributed by atoms with E-state index in [1.54, 1.807) is 24.3 Å². The molecule has 1 saturated heterocycles. The summed E-state index contributed by atoms with van der Waals surface area (Å²) < 4.78 is 11.9. The zero-order valence-corrected chi connectivity index (χ0v) is 19.7. The van der Waals surface area contributed by atoms with Crippen LogP contribution in [0.1, 0.15) is 17.5 Å². The van der Waals surface area contributed by atoms with Crippen LogP contribution in [0, 0.1) is 33.8 Å². The highest BCUT2D eigenvalue weighted by atomic mass is 79.9. The van der Waals surface area contributed by atoms with E-state index in [4.69, 9.17) is 9.47 Å². The monoisotopic (exact) mass is 525 g/mol. The number of allylic oxidation sites excluding steroid dienone is 2. The first-order valence-electron chi connectivity index (χ1n) is 10.7. The standard InChI is InChI=1S/C24H20BrN3O6/c1-33-19-9-16(11-26-27-23(29)21-14-5-6-15(8-14)22(21)24(27)30)18(25)10-20(19)34-12-13-3-2-4-17(7-13)28(31)32/h2-7,9-11,14-15,21-22H,8,12H2,1H3/t14-,15-,21-,22+/m0/s1. The Balaban J connectivity index is 1.32. The van der Waals surface area contributed by atoms with Gasteiger partial charge in [-0.2, -0.15) is 10.1 Å². The zero-order chi connectivity index (χ0) is 24.0. The number of nitro benzene ring substituents is 1. The second-order valence-electron chi connectivity index (χ2n) is 8.47. The van der Waals surface area contributed by atoms with Crippen LogP contribution in [0.4, 0.5) is 5.69 Å². The van der Waals surface area contributed by atoms with Crippen LogP contribution in [0.5, 0.6) is 11.5 Å². The van der Waals surface area contributed by atoms with Crippen molar-refractivity contribution in [3.8, 4) is 11.5 Å². The van der Waals surface area contributed by atoms with Gasteiger partial charge < -0.3 is 9.47 Å². The van der Waals surface area contributed by atoms with Gasteiger partial charge in [0.15, 0.2) is 11.5 Å². The lowest BCUT2D eigenvalue weighted by Gasteiger charge is -2.14. The maximum Gasteiger partial charge on any atom is 0.269 e. The first kappa shape index (κ1) is 22.3. The number of fused-ring (bicyclic) bond motifs is 5. The van der Waals surface area contributed by atoms with Crippen molar-refractivity contribution in [2.75, 3.05) is 7.11 Å². The summed E-state index contributed by atoms with van der Waals surface area (Å²) in [6, 6.07) is 9.55. The third kappa shape index (κ3) is 3.77. The first-order chi connectivity index (χ1) is 16.4. The Morgan fingerprint density at radius 3 is 2.50 bits per heavy atom. The molecule has 1 saturated carbocycles. The number of carbonyl (C=O) groups excluding carboxylic acids is 2. The number of imide groups is 1. The van der Waals surface area contributed by atoms with Crippen LogP contribution in [0.2, 0.25) is 0 Å². The molecule has 2 amide bonds. The van der Waals surface area contributed by atoms with Crippen LogP contribution in [-0.2, 0) is 16.2 Å². The van der Waals surface area contributed by atoms with Crippen molar-refractivity contribution in [2.24, 2.45) is 28.8 Å². The maximum atomic E-state index is 12.8. The molecule has 1 heterocycles. The Morgan fingerprint density at radius 2 is 1.85 bits per heavy atom. The molecule has 9 nitrogen and oxygen atoms in total. The van der Waals surface area contributed by atoms with Crippen molar-refractivity contribution in [2.45, 2.75) is 13.0 Å². The van der Waals surface area contributed by atoms with Crippen molar-refractivity contribution < 1.29 is 24.0 Å². The van der Waals surface area contributed by atoms with Gasteiger partial charge in [-0.1, -0.05) is 24.3 Å². The molecule has 2 bridgehead atoms. The van der Waals surface area contributed by atoms with Gasteiger partial charge in [0.25, 0.3) is 17.5 Å². The molecule has 34 heavy (non-hydrogen) atoms. The molecule has 2 aromatic rings. The number of non-ortho nitro benzene ring substituents is 1. The lowest BCUT2D eigenvalue weighted by Crippen LogP contribution is -2.28. The van der Waals surface area contributed by atoms with Crippen LogP contribution in [0.3, 0.4) is 0 Å². The van der Waals surface area contributed by atoms with E-state index in [2.05, 4.69) is 21.0 Å². The number of nitrogens with zero attached hydrogens (tertiary/aromatic N) is 3. The van der Waals surface area contributed by atoms with E-state index in [1.165, 1.54) is 25.5 Å². The van der Waals surface area contributed by atoms with Crippen LogP contribution in [0.15, 0.2) is 58.1 Å². The topological polar surface area (TPSA) is 111 Å². The minimum Gasteiger partial charge on any atom is -0.493 e. The number of rotatable bonds is 7. The van der Waals surface area contributed by atoms with Gasteiger partial charge in [-0.05, 0) is 51.9 Å². The Morgan fingerprint density at radius 1 is 1.15 bits per heavy atom. The quantitative estimate of drug-likeness (QED) is 0.177. The molecular weight excluding hydrogens is 506 g/mol. The number of hydrazone groups is 1. The lowest BCUT2D eigenvalue weighted by molar-refractivity contribution is -0.384. The van der Waals surface area contributed by atoms with E-state index in [0.29, 0.717) is 27.1 Å². The second kappa shape index (κ2) is 8.68. The van der Waals surface area contributed by atoms with Crippen molar-refractivity contribution in [3.63, 3.8) is 0 Å². The van der Waals surface area contributed by atoms with Crippen molar-refractivity contribution in [1.82, 2.24) is 5.01 Å². The van der Waals surface area contributed by atoms with E-state index in [1.807, 2.05) is 12.2 Å².